The maximum atomic E-state index is 12.8. The van der Waals surface area contributed by atoms with E-state index >= 15 is 0 Å². The molecule has 1 amide bonds. The van der Waals surface area contributed by atoms with Gasteiger partial charge in [-0.2, -0.15) is 18.4 Å². The second kappa shape index (κ2) is 6.99. The number of nitrogens with zero attached hydrogens (tertiary/aromatic N) is 3. The number of nitriles is 1. The number of halogens is 3. The first-order chi connectivity index (χ1) is 11.2. The average molecular weight is 340 g/mol. The molecule has 1 unspecified atom stereocenters. The van der Waals surface area contributed by atoms with Crippen molar-refractivity contribution in [2.24, 2.45) is 5.92 Å². The molecule has 130 valence electrons. The van der Waals surface area contributed by atoms with E-state index < -0.39 is 17.8 Å². The van der Waals surface area contributed by atoms with Gasteiger partial charge in [-0.3, -0.25) is 4.79 Å². The lowest BCUT2D eigenvalue weighted by Crippen LogP contribution is -2.49. The maximum absolute atomic E-state index is 12.8. The molecule has 1 aliphatic rings. The van der Waals surface area contributed by atoms with E-state index in [0.717, 1.165) is 12.1 Å². The molecule has 1 fully saturated rings. The van der Waals surface area contributed by atoms with Gasteiger partial charge in [-0.15, -0.1) is 0 Å². The smallest absolute Gasteiger partial charge is 0.373 e. The van der Waals surface area contributed by atoms with Crippen LogP contribution in [0.15, 0.2) is 24.3 Å². The number of amides is 1. The zero-order valence-corrected chi connectivity index (χ0v) is 13.5. The molecule has 5 nitrogen and oxygen atoms in total. The molecule has 1 N–H and O–H groups in total. The van der Waals surface area contributed by atoms with Gasteiger partial charge in [0, 0.05) is 12.2 Å². The summed E-state index contributed by atoms with van der Waals surface area (Å²) in [5.74, 6) is -0.477. The van der Waals surface area contributed by atoms with Gasteiger partial charge in [-0.25, -0.2) is 10.0 Å². The van der Waals surface area contributed by atoms with Crippen molar-refractivity contribution in [3.05, 3.63) is 29.8 Å². The van der Waals surface area contributed by atoms with Crippen LogP contribution in [0.2, 0.25) is 0 Å². The molecule has 0 radical (unpaired) electrons. The normalized spacial score (nSPS) is 16.2. The molecule has 1 atom stereocenters. The van der Waals surface area contributed by atoms with E-state index in [9.17, 15) is 18.0 Å². The van der Waals surface area contributed by atoms with Gasteiger partial charge >= 0.3 is 6.18 Å². The predicted octanol–water partition coefficient (Wildman–Crippen LogP) is 3.07. The number of anilines is 1. The molecule has 1 heterocycles. The largest absolute Gasteiger partial charge is 0.416 e. The highest BCUT2D eigenvalue weighted by Crippen LogP contribution is 2.31. The van der Waals surface area contributed by atoms with Crippen LogP contribution in [0.5, 0.6) is 0 Å². The number of carbonyl (C=O) groups is 1. The van der Waals surface area contributed by atoms with Crippen LogP contribution in [0.4, 0.5) is 18.9 Å². The summed E-state index contributed by atoms with van der Waals surface area (Å²) in [5.41, 5.74) is -0.554. The van der Waals surface area contributed by atoms with Crippen molar-refractivity contribution in [3.8, 4) is 6.19 Å². The SMILES string of the molecule is CC(C)C(Nc1cccc(C(F)(F)F)c1)C(=O)N1CCCN1C#N. The van der Waals surface area contributed by atoms with Gasteiger partial charge in [-0.05, 0) is 30.5 Å². The van der Waals surface area contributed by atoms with Crippen molar-refractivity contribution in [2.75, 3.05) is 18.4 Å². The number of nitrogens with one attached hydrogen (secondary N) is 1. The highest BCUT2D eigenvalue weighted by molar-refractivity contribution is 5.85. The van der Waals surface area contributed by atoms with Crippen molar-refractivity contribution in [3.63, 3.8) is 0 Å². The van der Waals surface area contributed by atoms with E-state index in [1.54, 1.807) is 13.8 Å². The highest BCUT2D eigenvalue weighted by atomic mass is 19.4. The second-order valence-electron chi connectivity index (χ2n) is 5.98. The van der Waals surface area contributed by atoms with Crippen molar-refractivity contribution in [1.29, 1.82) is 5.26 Å². The fourth-order valence-electron chi connectivity index (χ4n) is 2.58. The maximum Gasteiger partial charge on any atom is 0.416 e. The molecule has 24 heavy (non-hydrogen) atoms. The zero-order valence-electron chi connectivity index (χ0n) is 13.5. The third-order valence-electron chi connectivity index (χ3n) is 3.85. The van der Waals surface area contributed by atoms with Gasteiger partial charge in [0.2, 0.25) is 0 Å². The van der Waals surface area contributed by atoms with E-state index in [-0.39, 0.29) is 17.5 Å². The Kier molecular flexibility index (Phi) is 5.22. The van der Waals surface area contributed by atoms with Crippen LogP contribution in [0.25, 0.3) is 0 Å². The second-order valence-corrected chi connectivity index (χ2v) is 5.98. The van der Waals surface area contributed by atoms with Gasteiger partial charge < -0.3 is 5.32 Å². The number of hydrazine groups is 1. The van der Waals surface area contributed by atoms with Gasteiger partial charge in [0.25, 0.3) is 5.91 Å². The van der Waals surface area contributed by atoms with E-state index in [1.165, 1.54) is 22.2 Å². The lowest BCUT2D eigenvalue weighted by molar-refractivity contribution is -0.141. The standard InChI is InChI=1S/C16H19F3N4O/c1-11(2)14(15(24)23-8-4-7-22(23)10-20)21-13-6-3-5-12(9-13)16(17,18)19/h3,5-6,9,11,14,21H,4,7-8H2,1-2H3. The van der Waals surface area contributed by atoms with Crippen LogP contribution in [-0.2, 0) is 11.0 Å². The fraction of sp³-hybridized carbons (Fsp3) is 0.500. The quantitative estimate of drug-likeness (QED) is 0.856. The minimum atomic E-state index is -4.44. The third-order valence-corrected chi connectivity index (χ3v) is 3.85. The molecule has 0 aliphatic carbocycles. The van der Waals surface area contributed by atoms with E-state index in [1.807, 2.05) is 6.19 Å². The first-order valence-corrected chi connectivity index (χ1v) is 7.66. The summed E-state index contributed by atoms with van der Waals surface area (Å²) in [5, 5.41) is 14.6. The minimum absolute atomic E-state index is 0.159. The van der Waals surface area contributed by atoms with Crippen molar-refractivity contribution >= 4 is 11.6 Å². The molecule has 1 aromatic rings. The van der Waals surface area contributed by atoms with Crippen molar-refractivity contribution in [1.82, 2.24) is 10.0 Å². The Morgan fingerprint density at radius 3 is 2.62 bits per heavy atom. The number of carbonyl (C=O) groups excluding carboxylic acids is 1. The van der Waals surface area contributed by atoms with Gasteiger partial charge in [0.1, 0.15) is 6.04 Å². The first-order valence-electron chi connectivity index (χ1n) is 7.66. The topological polar surface area (TPSA) is 59.4 Å². The Hall–Kier alpha value is -2.43. The van der Waals surface area contributed by atoms with E-state index in [0.29, 0.717) is 19.5 Å². The summed E-state index contributed by atoms with van der Waals surface area (Å²) in [6.45, 7) is 4.50. The number of alkyl halides is 3. The molecule has 0 bridgehead atoms. The minimum Gasteiger partial charge on any atom is -0.373 e. The molecule has 8 heteroatoms. The predicted molar refractivity (Wildman–Crippen MR) is 82.3 cm³/mol. The monoisotopic (exact) mass is 340 g/mol. The van der Waals surface area contributed by atoms with E-state index in [4.69, 9.17) is 5.26 Å². The molecule has 1 aromatic carbocycles. The molecule has 0 aromatic heterocycles. The van der Waals surface area contributed by atoms with Gasteiger partial charge in [-0.1, -0.05) is 19.9 Å². The Labute approximate surface area is 138 Å². The summed E-state index contributed by atoms with van der Waals surface area (Å²) in [6, 6.07) is 4.03. The first kappa shape index (κ1) is 17.9. The fourth-order valence-corrected chi connectivity index (χ4v) is 2.58. The van der Waals surface area contributed by atoms with Crippen LogP contribution in [-0.4, -0.2) is 35.1 Å². The molecule has 0 saturated carbocycles. The molecular formula is C16H19F3N4O. The van der Waals surface area contributed by atoms with Gasteiger partial charge in [0.05, 0.1) is 12.1 Å². The lowest BCUT2D eigenvalue weighted by Gasteiger charge is -2.30. The molecular weight excluding hydrogens is 321 g/mol. The van der Waals surface area contributed by atoms with Crippen LogP contribution >= 0.6 is 0 Å². The molecule has 2 rings (SSSR count). The number of rotatable bonds is 4. The summed E-state index contributed by atoms with van der Waals surface area (Å²) < 4.78 is 38.5. The van der Waals surface area contributed by atoms with Crippen molar-refractivity contribution < 1.29 is 18.0 Å². The number of hydrogen-bond acceptors (Lipinski definition) is 4. The summed E-state index contributed by atoms with van der Waals surface area (Å²) in [4.78, 5) is 12.7. The highest BCUT2D eigenvalue weighted by Gasteiger charge is 2.34. The van der Waals surface area contributed by atoms with Crippen LogP contribution < -0.4 is 5.32 Å². The third kappa shape index (κ3) is 3.91. The molecule has 0 spiro atoms. The summed E-state index contributed by atoms with van der Waals surface area (Å²) in [6.07, 6.45) is -1.81. The summed E-state index contributed by atoms with van der Waals surface area (Å²) in [7, 11) is 0. The van der Waals surface area contributed by atoms with Gasteiger partial charge in [0.15, 0.2) is 6.19 Å². The lowest BCUT2D eigenvalue weighted by atomic mass is 10.0. The zero-order chi connectivity index (χ0) is 17.9. The Morgan fingerprint density at radius 2 is 2.04 bits per heavy atom. The Bertz CT molecular complexity index is 639. The average Bonchev–Trinajstić information content (AvgIpc) is 2.99. The Balaban J connectivity index is 2.20. The van der Waals surface area contributed by atoms with Crippen LogP contribution in [0.1, 0.15) is 25.8 Å². The Morgan fingerprint density at radius 1 is 1.33 bits per heavy atom. The number of hydrogen-bond donors (Lipinski definition) is 1. The van der Waals surface area contributed by atoms with Crippen LogP contribution in [0.3, 0.4) is 0 Å². The van der Waals surface area contributed by atoms with Crippen LogP contribution in [0, 0.1) is 17.4 Å². The van der Waals surface area contributed by atoms with E-state index in [2.05, 4.69) is 5.32 Å². The summed E-state index contributed by atoms with van der Waals surface area (Å²) >= 11 is 0. The number of benzene rings is 1. The molecule has 1 aliphatic heterocycles. The van der Waals surface area contributed by atoms with Crippen molar-refractivity contribution in [2.45, 2.75) is 32.5 Å². The molecule has 1 saturated heterocycles.